The highest BCUT2D eigenvalue weighted by Gasteiger charge is 2.14. The molecule has 0 N–H and O–H groups in total. The molecule has 2 rings (SSSR count). The first-order valence-electron chi connectivity index (χ1n) is 8.86. The number of aromatic nitrogens is 1. The lowest BCUT2D eigenvalue weighted by atomic mass is 10.2. The summed E-state index contributed by atoms with van der Waals surface area (Å²) in [6.45, 7) is 8.53. The van der Waals surface area contributed by atoms with Crippen molar-refractivity contribution in [2.45, 2.75) is 32.6 Å². The highest BCUT2D eigenvalue weighted by molar-refractivity contribution is 5.42. The monoisotopic (exact) mass is 336 g/mol. The van der Waals surface area contributed by atoms with E-state index in [9.17, 15) is 10.1 Å². The molecular formula is C17H28N4O3. The average molecular weight is 336 g/mol. The minimum Gasteiger partial charge on any atom is -0.379 e. The summed E-state index contributed by atoms with van der Waals surface area (Å²) in [6, 6.07) is 3.30. The Labute approximate surface area is 143 Å². The summed E-state index contributed by atoms with van der Waals surface area (Å²) in [7, 11) is 0. The van der Waals surface area contributed by atoms with E-state index in [0.717, 1.165) is 58.2 Å². The van der Waals surface area contributed by atoms with E-state index in [1.54, 1.807) is 6.07 Å². The van der Waals surface area contributed by atoms with Gasteiger partial charge in [0, 0.05) is 38.8 Å². The van der Waals surface area contributed by atoms with Crippen molar-refractivity contribution in [3.63, 3.8) is 0 Å². The molecule has 134 valence electrons. The second-order valence-electron chi connectivity index (χ2n) is 6.13. The summed E-state index contributed by atoms with van der Waals surface area (Å²) in [4.78, 5) is 19.3. The molecule has 7 nitrogen and oxygen atoms in total. The van der Waals surface area contributed by atoms with E-state index >= 15 is 0 Å². The van der Waals surface area contributed by atoms with Crippen LogP contribution in [0.5, 0.6) is 0 Å². The van der Waals surface area contributed by atoms with Gasteiger partial charge >= 0.3 is 0 Å². The maximum absolute atomic E-state index is 10.8. The maximum atomic E-state index is 10.8. The standard InChI is InChI=1S/C17H28N4O3/c1-2-3-4-5-8-20(10-9-19-11-13-24-14-12-19)17-7-6-16(15-18-17)21(22)23/h6-7,15H,2-5,8-14H2,1H3. The van der Waals surface area contributed by atoms with Crippen molar-refractivity contribution in [2.24, 2.45) is 0 Å². The largest absolute Gasteiger partial charge is 0.379 e. The van der Waals surface area contributed by atoms with Crippen LogP contribution in [0.1, 0.15) is 32.6 Å². The lowest BCUT2D eigenvalue weighted by Gasteiger charge is -2.30. The molecule has 0 radical (unpaired) electrons. The Balaban J connectivity index is 1.93. The first-order valence-corrected chi connectivity index (χ1v) is 8.86. The molecule has 0 saturated carbocycles. The van der Waals surface area contributed by atoms with E-state index < -0.39 is 4.92 Å². The number of ether oxygens (including phenoxy) is 1. The number of morpholine rings is 1. The summed E-state index contributed by atoms with van der Waals surface area (Å²) >= 11 is 0. The zero-order chi connectivity index (χ0) is 17.2. The number of hydrogen-bond donors (Lipinski definition) is 0. The van der Waals surface area contributed by atoms with Gasteiger partial charge in [-0.2, -0.15) is 0 Å². The van der Waals surface area contributed by atoms with Crippen molar-refractivity contribution in [3.05, 3.63) is 28.4 Å². The third-order valence-corrected chi connectivity index (χ3v) is 4.34. The van der Waals surface area contributed by atoms with Crippen LogP contribution < -0.4 is 4.90 Å². The Morgan fingerprint density at radius 3 is 2.67 bits per heavy atom. The molecule has 0 amide bonds. The predicted molar refractivity (Wildman–Crippen MR) is 94.5 cm³/mol. The van der Waals surface area contributed by atoms with E-state index in [4.69, 9.17) is 4.74 Å². The lowest BCUT2D eigenvalue weighted by Crippen LogP contribution is -2.42. The zero-order valence-electron chi connectivity index (χ0n) is 14.5. The Bertz CT molecular complexity index is 489. The van der Waals surface area contributed by atoms with Crippen molar-refractivity contribution in [3.8, 4) is 0 Å². The van der Waals surface area contributed by atoms with Gasteiger partial charge in [-0.3, -0.25) is 15.0 Å². The van der Waals surface area contributed by atoms with Gasteiger partial charge in [0.05, 0.1) is 18.1 Å². The second-order valence-corrected chi connectivity index (χ2v) is 6.13. The molecule has 0 spiro atoms. The van der Waals surface area contributed by atoms with E-state index in [0.29, 0.717) is 0 Å². The van der Waals surface area contributed by atoms with E-state index in [2.05, 4.69) is 21.7 Å². The van der Waals surface area contributed by atoms with Crippen LogP contribution in [-0.4, -0.2) is 60.7 Å². The number of nitro groups is 1. The smallest absolute Gasteiger partial charge is 0.287 e. The third-order valence-electron chi connectivity index (χ3n) is 4.34. The summed E-state index contributed by atoms with van der Waals surface area (Å²) in [5.74, 6) is 0.824. The van der Waals surface area contributed by atoms with Gasteiger partial charge in [0.15, 0.2) is 0 Å². The summed E-state index contributed by atoms with van der Waals surface area (Å²) in [6.07, 6.45) is 6.13. The quantitative estimate of drug-likeness (QED) is 0.372. The number of nitrogens with zero attached hydrogens (tertiary/aromatic N) is 4. The molecule has 1 aromatic heterocycles. The SMILES string of the molecule is CCCCCCN(CCN1CCOCC1)c1ccc([N+](=O)[O-])cn1. The third kappa shape index (κ3) is 6.05. The fourth-order valence-electron chi connectivity index (χ4n) is 2.83. The summed E-state index contributed by atoms with van der Waals surface area (Å²) in [5.41, 5.74) is 0.0397. The van der Waals surface area contributed by atoms with Crippen molar-refractivity contribution >= 4 is 11.5 Å². The maximum Gasteiger partial charge on any atom is 0.287 e. The highest BCUT2D eigenvalue weighted by Crippen LogP contribution is 2.17. The van der Waals surface area contributed by atoms with Crippen molar-refractivity contribution in [1.82, 2.24) is 9.88 Å². The topological polar surface area (TPSA) is 71.7 Å². The molecule has 24 heavy (non-hydrogen) atoms. The molecule has 1 saturated heterocycles. The molecule has 0 unspecified atom stereocenters. The van der Waals surface area contributed by atoms with Gasteiger partial charge in [0.25, 0.3) is 5.69 Å². The van der Waals surface area contributed by atoms with E-state index in [-0.39, 0.29) is 5.69 Å². The molecular weight excluding hydrogens is 308 g/mol. The van der Waals surface area contributed by atoms with E-state index in [1.165, 1.54) is 31.5 Å². The number of rotatable bonds is 10. The molecule has 7 heteroatoms. The first kappa shape index (κ1) is 18.6. The second kappa shape index (κ2) is 10.2. The fraction of sp³-hybridized carbons (Fsp3) is 0.706. The van der Waals surface area contributed by atoms with Gasteiger partial charge in [-0.25, -0.2) is 4.98 Å². The minimum atomic E-state index is -0.407. The summed E-state index contributed by atoms with van der Waals surface area (Å²) < 4.78 is 5.39. The van der Waals surface area contributed by atoms with Crippen molar-refractivity contribution in [1.29, 1.82) is 0 Å². The normalized spacial score (nSPS) is 15.4. The molecule has 0 bridgehead atoms. The average Bonchev–Trinajstić information content (AvgIpc) is 2.62. The number of pyridine rings is 1. The van der Waals surface area contributed by atoms with Gasteiger partial charge in [0.1, 0.15) is 12.0 Å². The van der Waals surface area contributed by atoms with Crippen LogP contribution in [0.2, 0.25) is 0 Å². The molecule has 1 fully saturated rings. The van der Waals surface area contributed by atoms with Crippen LogP contribution in [0.4, 0.5) is 11.5 Å². The van der Waals surface area contributed by atoms with Gasteiger partial charge in [-0.1, -0.05) is 26.2 Å². The highest BCUT2D eigenvalue weighted by atomic mass is 16.6. The van der Waals surface area contributed by atoms with Crippen LogP contribution >= 0.6 is 0 Å². The van der Waals surface area contributed by atoms with Crippen LogP contribution in [-0.2, 0) is 4.74 Å². The minimum absolute atomic E-state index is 0.0397. The fourth-order valence-corrected chi connectivity index (χ4v) is 2.83. The van der Waals surface area contributed by atoms with Crippen molar-refractivity contribution in [2.75, 3.05) is 50.8 Å². The molecule has 0 aliphatic carbocycles. The molecule has 0 atom stereocenters. The molecule has 1 aliphatic heterocycles. The molecule has 1 aromatic rings. The summed E-state index contributed by atoms with van der Waals surface area (Å²) in [5, 5.41) is 10.8. The van der Waals surface area contributed by atoms with Gasteiger partial charge in [-0.15, -0.1) is 0 Å². The molecule has 1 aliphatic rings. The van der Waals surface area contributed by atoms with E-state index in [1.807, 2.05) is 0 Å². The lowest BCUT2D eigenvalue weighted by molar-refractivity contribution is -0.385. The molecule has 2 heterocycles. The Kier molecular flexibility index (Phi) is 7.91. The predicted octanol–water partition coefficient (Wildman–Crippen LogP) is 2.71. The number of unbranched alkanes of at least 4 members (excludes halogenated alkanes) is 3. The van der Waals surface area contributed by atoms with Crippen LogP contribution in [0.25, 0.3) is 0 Å². The Hall–Kier alpha value is -1.73. The van der Waals surface area contributed by atoms with Crippen molar-refractivity contribution < 1.29 is 9.66 Å². The van der Waals surface area contributed by atoms with Gasteiger partial charge < -0.3 is 9.64 Å². The zero-order valence-corrected chi connectivity index (χ0v) is 14.5. The Morgan fingerprint density at radius 2 is 2.04 bits per heavy atom. The van der Waals surface area contributed by atoms with Crippen LogP contribution in [0.3, 0.4) is 0 Å². The number of anilines is 1. The Morgan fingerprint density at radius 1 is 1.25 bits per heavy atom. The first-order chi connectivity index (χ1) is 11.7. The van der Waals surface area contributed by atoms with Crippen LogP contribution in [0, 0.1) is 10.1 Å². The van der Waals surface area contributed by atoms with Gasteiger partial charge in [0.2, 0.25) is 0 Å². The molecule has 0 aromatic carbocycles. The van der Waals surface area contributed by atoms with Gasteiger partial charge in [-0.05, 0) is 12.5 Å². The van der Waals surface area contributed by atoms with Crippen LogP contribution in [0.15, 0.2) is 18.3 Å². The number of hydrogen-bond acceptors (Lipinski definition) is 6.